The number of anilines is 2. The molecule has 7 rings (SSSR count). The van der Waals surface area contributed by atoms with Crippen molar-refractivity contribution in [3.63, 3.8) is 0 Å². The van der Waals surface area contributed by atoms with Gasteiger partial charge in [0.25, 0.3) is 17.7 Å². The first-order valence-corrected chi connectivity index (χ1v) is 20.2. The Hall–Kier alpha value is -7.66. The predicted molar refractivity (Wildman–Crippen MR) is 225 cm³/mol. The van der Waals surface area contributed by atoms with Crippen molar-refractivity contribution in [2.75, 3.05) is 50.2 Å². The fraction of sp³-hybridized carbons (Fsp3) is 0.310. The first-order chi connectivity index (χ1) is 31.1. The van der Waals surface area contributed by atoms with Crippen molar-refractivity contribution in [2.45, 2.75) is 37.9 Å². The molecule has 1 unspecified atom stereocenters. The molecule has 4 aromatic heterocycles. The number of fused-ring (bicyclic) bond motifs is 1. The normalized spacial score (nSPS) is 14.1. The molecule has 6 aromatic rings. The Morgan fingerprint density at radius 2 is 1.74 bits per heavy atom. The number of nitrogens with two attached hydrogens (primary N) is 1. The molecule has 1 atom stereocenters. The van der Waals surface area contributed by atoms with E-state index in [1.807, 2.05) is 18.2 Å². The summed E-state index contributed by atoms with van der Waals surface area (Å²) in [5.74, 6) is -3.08. The summed E-state index contributed by atoms with van der Waals surface area (Å²) in [6.07, 6.45) is 1.01. The summed E-state index contributed by atoms with van der Waals surface area (Å²) in [6, 6.07) is 13.8. The predicted octanol–water partition coefficient (Wildman–Crippen LogP) is 3.27. The van der Waals surface area contributed by atoms with Crippen LogP contribution in [0.5, 0.6) is 0 Å². The molecule has 23 heteroatoms. The Kier molecular flexibility index (Phi) is 13.8. The first-order valence-electron chi connectivity index (χ1n) is 20.2. The van der Waals surface area contributed by atoms with E-state index in [2.05, 4.69) is 36.3 Å². The Morgan fingerprint density at radius 1 is 0.969 bits per heavy atom. The van der Waals surface area contributed by atoms with E-state index in [1.54, 1.807) is 31.3 Å². The van der Waals surface area contributed by atoms with Crippen LogP contribution in [0, 0.1) is 0 Å². The maximum absolute atomic E-state index is 13.1. The van der Waals surface area contributed by atoms with Crippen LogP contribution in [-0.2, 0) is 32.5 Å². The fourth-order valence-electron chi connectivity index (χ4n) is 6.93. The lowest BCUT2D eigenvalue weighted by molar-refractivity contribution is -0.135. The number of carbonyl (C=O) groups is 5. The minimum Gasteiger partial charge on any atom is -0.444 e. The van der Waals surface area contributed by atoms with Crippen molar-refractivity contribution in [1.82, 2.24) is 39.5 Å². The summed E-state index contributed by atoms with van der Waals surface area (Å²) in [5, 5.41) is 13.9. The molecule has 5 heterocycles. The van der Waals surface area contributed by atoms with Crippen LogP contribution in [0.1, 0.15) is 62.2 Å². The van der Waals surface area contributed by atoms with Crippen molar-refractivity contribution >= 4 is 52.1 Å². The standard InChI is InChI=1S/C42H42F3N11O9/c1-54-32-19-24(4-9-30(32)56(41(54)62)31-10-11-34(57)52-39(31)61)3-2-15-63-17-18-64-16-14-48-37(59)25-5-7-27(8-6-25)55-21-28(35(53-55)36(46)58)50-38(60)29-22-65-40(51-29)26-12-13-47-33(20-26)49-23-42(43,44)45/h4-9,12-13,19-22,31H,2-3,10-11,14-18,23H2,1H3,(H2,46,58)(H,47,49)(H,48,59)(H,50,60)(H,52,57,61). The number of pyridine rings is 1. The number of amides is 5. The smallest absolute Gasteiger partial charge is 0.405 e. The highest BCUT2D eigenvalue weighted by molar-refractivity contribution is 6.07. The molecule has 0 spiro atoms. The molecule has 1 aliphatic rings. The van der Waals surface area contributed by atoms with Crippen LogP contribution in [0.3, 0.4) is 0 Å². The topological polar surface area (TPSA) is 262 Å². The summed E-state index contributed by atoms with van der Waals surface area (Å²) in [7, 11) is 1.65. The van der Waals surface area contributed by atoms with Gasteiger partial charge >= 0.3 is 11.9 Å². The number of alkyl halides is 3. The molecule has 5 amide bonds. The van der Waals surface area contributed by atoms with Gasteiger partial charge in [0, 0.05) is 43.9 Å². The molecule has 0 aliphatic carbocycles. The van der Waals surface area contributed by atoms with Crippen LogP contribution in [0.4, 0.5) is 24.7 Å². The minimum atomic E-state index is -4.46. The molecular formula is C42H42F3N11O9. The number of halogens is 3. The van der Waals surface area contributed by atoms with E-state index in [0.717, 1.165) is 18.2 Å². The number of aromatic nitrogens is 6. The molecule has 1 fully saturated rings. The zero-order valence-corrected chi connectivity index (χ0v) is 34.6. The lowest BCUT2D eigenvalue weighted by Crippen LogP contribution is -2.44. The fourth-order valence-corrected chi connectivity index (χ4v) is 6.93. The Labute approximate surface area is 366 Å². The number of aryl methyl sites for hydroxylation is 2. The van der Waals surface area contributed by atoms with Crippen molar-refractivity contribution < 1.29 is 51.0 Å². The van der Waals surface area contributed by atoms with Gasteiger partial charge in [-0.2, -0.15) is 18.3 Å². The number of oxazole rings is 1. The molecule has 1 aliphatic heterocycles. The van der Waals surface area contributed by atoms with Gasteiger partial charge < -0.3 is 35.6 Å². The number of imide groups is 1. The lowest BCUT2D eigenvalue weighted by Gasteiger charge is -2.21. The molecule has 65 heavy (non-hydrogen) atoms. The van der Waals surface area contributed by atoms with Crippen molar-refractivity contribution in [2.24, 2.45) is 12.8 Å². The van der Waals surface area contributed by atoms with Crippen LogP contribution < -0.4 is 32.7 Å². The third kappa shape index (κ3) is 11.1. The second-order valence-corrected chi connectivity index (χ2v) is 14.7. The van der Waals surface area contributed by atoms with Crippen molar-refractivity contribution in [1.29, 1.82) is 0 Å². The average Bonchev–Trinajstić information content (AvgIpc) is 4.01. The highest BCUT2D eigenvalue weighted by atomic mass is 19.4. The number of hydrogen-bond donors (Lipinski definition) is 5. The van der Waals surface area contributed by atoms with Gasteiger partial charge in [-0.3, -0.25) is 38.4 Å². The van der Waals surface area contributed by atoms with E-state index in [4.69, 9.17) is 19.6 Å². The number of benzene rings is 2. The Balaban J connectivity index is 0.817. The van der Waals surface area contributed by atoms with Crippen LogP contribution in [0.15, 0.2) is 82.5 Å². The number of piperidine rings is 1. The van der Waals surface area contributed by atoms with Crippen LogP contribution in [0.25, 0.3) is 28.2 Å². The second-order valence-electron chi connectivity index (χ2n) is 14.7. The van der Waals surface area contributed by atoms with Gasteiger partial charge in [0.15, 0.2) is 11.4 Å². The van der Waals surface area contributed by atoms with E-state index < -0.39 is 36.5 Å². The highest BCUT2D eigenvalue weighted by Crippen LogP contribution is 2.26. The largest absolute Gasteiger partial charge is 0.444 e. The first kappa shape index (κ1) is 45.4. The van der Waals surface area contributed by atoms with Gasteiger partial charge in [0.1, 0.15) is 24.7 Å². The number of ether oxygens (including phenoxy) is 2. The number of nitrogens with zero attached hydrogens (tertiary/aromatic N) is 6. The zero-order valence-electron chi connectivity index (χ0n) is 34.6. The molecular weight excluding hydrogens is 860 g/mol. The summed E-state index contributed by atoms with van der Waals surface area (Å²) in [5.41, 5.74) is 8.01. The van der Waals surface area contributed by atoms with E-state index in [0.29, 0.717) is 48.5 Å². The summed E-state index contributed by atoms with van der Waals surface area (Å²) < 4.78 is 58.7. The van der Waals surface area contributed by atoms with Gasteiger partial charge in [0.2, 0.25) is 17.7 Å². The van der Waals surface area contributed by atoms with E-state index in [-0.39, 0.29) is 77.8 Å². The Morgan fingerprint density at radius 3 is 2.48 bits per heavy atom. The van der Waals surface area contributed by atoms with E-state index in [9.17, 15) is 41.9 Å². The number of hydrogen-bond acceptors (Lipinski definition) is 13. The van der Waals surface area contributed by atoms with Gasteiger partial charge in [-0.15, -0.1) is 0 Å². The summed E-state index contributed by atoms with van der Waals surface area (Å²) in [6.45, 7) is 0.303. The van der Waals surface area contributed by atoms with Gasteiger partial charge in [-0.1, -0.05) is 6.07 Å². The number of imidazole rings is 1. The molecule has 2 aromatic carbocycles. The monoisotopic (exact) mass is 901 g/mol. The van der Waals surface area contributed by atoms with Crippen LogP contribution >= 0.6 is 0 Å². The third-order valence-electron chi connectivity index (χ3n) is 10.1. The molecule has 340 valence electrons. The SMILES string of the molecule is Cn1c(=O)n(C2CCC(=O)NC2=O)c2ccc(CCCOCCOCCNC(=O)c3ccc(-n4cc(NC(=O)c5coc(-c6ccnc(NCC(F)(F)F)c6)n5)c(C(N)=O)n4)cc3)cc21. The molecule has 6 N–H and O–H groups in total. The summed E-state index contributed by atoms with van der Waals surface area (Å²) in [4.78, 5) is 83.0. The molecule has 0 bridgehead atoms. The van der Waals surface area contributed by atoms with E-state index in [1.165, 1.54) is 38.3 Å². The summed E-state index contributed by atoms with van der Waals surface area (Å²) >= 11 is 0. The van der Waals surface area contributed by atoms with Crippen molar-refractivity contribution in [3.8, 4) is 17.1 Å². The number of nitrogens with one attached hydrogen (secondary N) is 4. The second kappa shape index (κ2) is 19.8. The average molecular weight is 902 g/mol. The number of primary amides is 1. The van der Waals surface area contributed by atoms with Crippen LogP contribution in [-0.4, -0.2) is 104 Å². The minimum absolute atomic E-state index is 0.0487. The number of carbonyl (C=O) groups excluding carboxylic acids is 5. The third-order valence-corrected chi connectivity index (χ3v) is 10.1. The molecule has 0 saturated carbocycles. The van der Waals surface area contributed by atoms with Gasteiger partial charge in [-0.25, -0.2) is 19.4 Å². The van der Waals surface area contributed by atoms with Crippen molar-refractivity contribution in [3.05, 3.63) is 106 Å². The lowest BCUT2D eigenvalue weighted by atomic mass is 10.1. The van der Waals surface area contributed by atoms with E-state index >= 15 is 0 Å². The number of rotatable bonds is 19. The van der Waals surface area contributed by atoms with Crippen LogP contribution in [0.2, 0.25) is 0 Å². The maximum atomic E-state index is 13.1. The molecule has 1 saturated heterocycles. The van der Waals surface area contributed by atoms with Gasteiger partial charge in [0.05, 0.1) is 48.4 Å². The Bertz CT molecular complexity index is 2800. The van der Waals surface area contributed by atoms with Gasteiger partial charge in [-0.05, 0) is 73.4 Å². The molecule has 20 nitrogen and oxygen atoms in total. The maximum Gasteiger partial charge on any atom is 0.405 e. The highest BCUT2D eigenvalue weighted by Gasteiger charge is 2.31. The quantitative estimate of drug-likeness (QED) is 0.0578. The zero-order chi connectivity index (χ0) is 46.3. The molecule has 0 radical (unpaired) electrons.